The zero-order valence-corrected chi connectivity index (χ0v) is 9.43. The minimum Gasteiger partial charge on any atom is -0.301 e. The van der Waals surface area contributed by atoms with Crippen molar-refractivity contribution in [2.75, 3.05) is 13.1 Å². The van der Waals surface area contributed by atoms with Crippen LogP contribution in [0.2, 0.25) is 0 Å². The molecule has 2 N–H and O–H groups in total. The van der Waals surface area contributed by atoms with Gasteiger partial charge in [-0.2, -0.15) is 0 Å². The quantitative estimate of drug-likeness (QED) is 0.599. The van der Waals surface area contributed by atoms with Gasteiger partial charge in [0.25, 0.3) is 0 Å². The minimum absolute atomic E-state index is 0.314. The molecule has 0 spiro atoms. The van der Waals surface area contributed by atoms with E-state index in [-0.39, 0.29) is 0 Å². The molecule has 2 unspecified atom stereocenters. The highest BCUT2D eigenvalue weighted by Gasteiger charge is 2.11. The highest BCUT2D eigenvalue weighted by molar-refractivity contribution is 4.67. The van der Waals surface area contributed by atoms with E-state index in [0.29, 0.717) is 12.3 Å². The van der Waals surface area contributed by atoms with E-state index in [0.717, 1.165) is 25.9 Å². The SMILES string of the molecule is CCNC(CC)[N]C(CC)NCC. The van der Waals surface area contributed by atoms with Gasteiger partial charge in [-0.15, -0.1) is 0 Å². The number of nitrogens with zero attached hydrogens (tertiary/aromatic N) is 1. The molecule has 0 saturated heterocycles. The Kier molecular flexibility index (Phi) is 8.40. The van der Waals surface area contributed by atoms with E-state index in [1.54, 1.807) is 0 Å². The lowest BCUT2D eigenvalue weighted by Crippen LogP contribution is -2.47. The van der Waals surface area contributed by atoms with Crippen LogP contribution in [0, 0.1) is 0 Å². The Balaban J connectivity index is 3.73. The molecule has 0 aliphatic carbocycles. The fourth-order valence-corrected chi connectivity index (χ4v) is 1.29. The molecule has 0 amide bonds. The first-order chi connectivity index (χ1) is 6.28. The maximum Gasteiger partial charge on any atom is 0.0751 e. The second kappa shape index (κ2) is 8.48. The monoisotopic (exact) mass is 186 g/mol. The Morgan fingerprint density at radius 2 is 1.23 bits per heavy atom. The van der Waals surface area contributed by atoms with Gasteiger partial charge in [0.15, 0.2) is 0 Å². The smallest absolute Gasteiger partial charge is 0.0751 e. The Hall–Kier alpha value is -0.120. The summed E-state index contributed by atoms with van der Waals surface area (Å²) in [5.74, 6) is 0. The normalized spacial score (nSPS) is 15.7. The molecule has 0 saturated carbocycles. The molecule has 0 heterocycles. The molecule has 13 heavy (non-hydrogen) atoms. The summed E-state index contributed by atoms with van der Waals surface area (Å²) >= 11 is 0. The number of rotatable bonds is 8. The molecule has 0 aromatic carbocycles. The predicted octanol–water partition coefficient (Wildman–Crippen LogP) is 1.28. The Labute approximate surface area is 82.7 Å². The van der Waals surface area contributed by atoms with Crippen molar-refractivity contribution in [3.05, 3.63) is 0 Å². The molecular weight excluding hydrogens is 162 g/mol. The highest BCUT2D eigenvalue weighted by Crippen LogP contribution is 1.94. The Morgan fingerprint density at radius 3 is 1.46 bits per heavy atom. The van der Waals surface area contributed by atoms with Gasteiger partial charge in [-0.3, -0.25) is 0 Å². The summed E-state index contributed by atoms with van der Waals surface area (Å²) in [5, 5.41) is 11.4. The molecule has 0 fully saturated rings. The number of nitrogens with one attached hydrogen (secondary N) is 2. The highest BCUT2D eigenvalue weighted by atomic mass is 15.2. The average Bonchev–Trinajstić information content (AvgIpc) is 2.16. The topological polar surface area (TPSA) is 38.2 Å². The molecule has 79 valence electrons. The van der Waals surface area contributed by atoms with Crippen molar-refractivity contribution in [1.82, 2.24) is 16.0 Å². The third-order valence-corrected chi connectivity index (χ3v) is 2.01. The fourth-order valence-electron chi connectivity index (χ4n) is 1.29. The van der Waals surface area contributed by atoms with Crippen LogP contribution < -0.4 is 16.0 Å². The zero-order chi connectivity index (χ0) is 10.1. The summed E-state index contributed by atoms with van der Waals surface area (Å²) in [6.07, 6.45) is 2.76. The molecule has 0 aromatic rings. The summed E-state index contributed by atoms with van der Waals surface area (Å²) in [7, 11) is 0. The van der Waals surface area contributed by atoms with Crippen molar-refractivity contribution in [2.45, 2.75) is 52.9 Å². The molecule has 0 aliphatic rings. The number of hydrogen-bond donors (Lipinski definition) is 2. The lowest BCUT2D eigenvalue weighted by molar-refractivity contribution is 0.316. The first-order valence-corrected chi connectivity index (χ1v) is 5.45. The summed E-state index contributed by atoms with van der Waals surface area (Å²) < 4.78 is 0. The fraction of sp³-hybridized carbons (Fsp3) is 1.00. The van der Waals surface area contributed by atoms with Crippen molar-refractivity contribution in [1.29, 1.82) is 0 Å². The van der Waals surface area contributed by atoms with E-state index >= 15 is 0 Å². The molecule has 3 heteroatoms. The molecule has 2 atom stereocenters. The lowest BCUT2D eigenvalue weighted by Gasteiger charge is -2.23. The van der Waals surface area contributed by atoms with Crippen molar-refractivity contribution in [3.8, 4) is 0 Å². The Morgan fingerprint density at radius 1 is 0.846 bits per heavy atom. The van der Waals surface area contributed by atoms with Crippen molar-refractivity contribution >= 4 is 0 Å². The summed E-state index contributed by atoms with van der Waals surface area (Å²) in [6.45, 7) is 10.5. The van der Waals surface area contributed by atoms with Gasteiger partial charge >= 0.3 is 0 Å². The second-order valence-corrected chi connectivity index (χ2v) is 3.11. The van der Waals surface area contributed by atoms with Gasteiger partial charge in [0.1, 0.15) is 0 Å². The van der Waals surface area contributed by atoms with Crippen LogP contribution in [0.1, 0.15) is 40.5 Å². The van der Waals surface area contributed by atoms with Gasteiger partial charge in [-0.1, -0.05) is 27.7 Å². The average molecular weight is 186 g/mol. The molecule has 1 radical (unpaired) electrons. The summed E-state index contributed by atoms with van der Waals surface area (Å²) in [6, 6.07) is 0. The largest absolute Gasteiger partial charge is 0.301 e. The molecule has 0 aromatic heterocycles. The lowest BCUT2D eigenvalue weighted by atomic mass is 10.3. The Bertz CT molecular complexity index is 94.3. The van der Waals surface area contributed by atoms with Gasteiger partial charge < -0.3 is 10.6 Å². The maximum absolute atomic E-state index is 4.67. The standard InChI is InChI=1S/C10H24N3/c1-5-9(11-7-3)13-10(6-2)12-8-4/h9-12H,5-8H2,1-4H3. The van der Waals surface area contributed by atoms with E-state index in [9.17, 15) is 0 Å². The van der Waals surface area contributed by atoms with Crippen LogP contribution >= 0.6 is 0 Å². The van der Waals surface area contributed by atoms with Crippen LogP contribution in [-0.2, 0) is 0 Å². The summed E-state index contributed by atoms with van der Waals surface area (Å²) in [4.78, 5) is 0. The first-order valence-electron chi connectivity index (χ1n) is 5.45. The first kappa shape index (κ1) is 12.9. The third kappa shape index (κ3) is 6.02. The van der Waals surface area contributed by atoms with Crippen LogP contribution in [0.5, 0.6) is 0 Å². The number of hydrogen-bond acceptors (Lipinski definition) is 2. The molecule has 3 nitrogen and oxygen atoms in total. The van der Waals surface area contributed by atoms with Crippen molar-refractivity contribution in [2.24, 2.45) is 0 Å². The van der Waals surface area contributed by atoms with E-state index in [1.165, 1.54) is 0 Å². The van der Waals surface area contributed by atoms with E-state index in [2.05, 4.69) is 43.6 Å². The molecule has 0 aliphatic heterocycles. The van der Waals surface area contributed by atoms with Crippen LogP contribution in [0.4, 0.5) is 0 Å². The van der Waals surface area contributed by atoms with Gasteiger partial charge in [-0.05, 0) is 25.9 Å². The van der Waals surface area contributed by atoms with Crippen molar-refractivity contribution < 1.29 is 0 Å². The van der Waals surface area contributed by atoms with Crippen LogP contribution in [0.15, 0.2) is 0 Å². The van der Waals surface area contributed by atoms with E-state index < -0.39 is 0 Å². The van der Waals surface area contributed by atoms with E-state index in [4.69, 9.17) is 0 Å². The van der Waals surface area contributed by atoms with Gasteiger partial charge in [0.05, 0.1) is 12.3 Å². The molecule has 0 rings (SSSR count). The van der Waals surface area contributed by atoms with Gasteiger partial charge in [-0.25, -0.2) is 5.32 Å². The molecular formula is C10H24N3. The van der Waals surface area contributed by atoms with Crippen LogP contribution in [-0.4, -0.2) is 25.4 Å². The van der Waals surface area contributed by atoms with Gasteiger partial charge in [0, 0.05) is 0 Å². The van der Waals surface area contributed by atoms with Crippen LogP contribution in [0.25, 0.3) is 0 Å². The van der Waals surface area contributed by atoms with Crippen molar-refractivity contribution in [3.63, 3.8) is 0 Å². The van der Waals surface area contributed by atoms with E-state index in [1.807, 2.05) is 0 Å². The minimum atomic E-state index is 0.314. The summed E-state index contributed by atoms with van der Waals surface area (Å²) in [5.41, 5.74) is 0. The second-order valence-electron chi connectivity index (χ2n) is 3.11. The predicted molar refractivity (Wildman–Crippen MR) is 57.6 cm³/mol. The maximum atomic E-state index is 4.67. The van der Waals surface area contributed by atoms with Crippen LogP contribution in [0.3, 0.4) is 0 Å². The zero-order valence-electron chi connectivity index (χ0n) is 9.43. The molecule has 0 bridgehead atoms. The third-order valence-electron chi connectivity index (χ3n) is 2.01. The van der Waals surface area contributed by atoms with Gasteiger partial charge in [0.2, 0.25) is 0 Å².